The molecule has 1 aliphatic carbocycles. The van der Waals surface area contributed by atoms with Gasteiger partial charge in [-0.1, -0.05) is 29.8 Å². The van der Waals surface area contributed by atoms with Gasteiger partial charge in [-0.25, -0.2) is 4.79 Å². The zero-order valence-electron chi connectivity index (χ0n) is 21.1. The zero-order valence-corrected chi connectivity index (χ0v) is 21.8. The first-order valence-corrected chi connectivity index (χ1v) is 12.7. The van der Waals surface area contributed by atoms with Gasteiger partial charge in [-0.15, -0.1) is 0 Å². The maximum atomic E-state index is 12.9. The van der Waals surface area contributed by atoms with Crippen LogP contribution in [0.4, 0.5) is 4.79 Å². The Bertz CT molecular complexity index is 1150. The van der Waals surface area contributed by atoms with E-state index in [-0.39, 0.29) is 44.4 Å². The molecule has 3 N–H and O–H groups in total. The van der Waals surface area contributed by atoms with Crippen molar-refractivity contribution in [3.05, 3.63) is 58.1 Å². The highest BCUT2D eigenvalue weighted by Crippen LogP contribution is 2.29. The molecule has 1 aromatic carbocycles. The van der Waals surface area contributed by atoms with Gasteiger partial charge in [-0.3, -0.25) is 19.7 Å². The van der Waals surface area contributed by atoms with E-state index in [0.717, 1.165) is 11.1 Å². The molecule has 0 radical (unpaired) electrons. The van der Waals surface area contributed by atoms with Gasteiger partial charge in [-0.2, -0.15) is 0 Å². The molecular weight excluding hydrogens is 516 g/mol. The van der Waals surface area contributed by atoms with Crippen LogP contribution in [-0.4, -0.2) is 74.0 Å². The minimum atomic E-state index is -1.12. The highest BCUT2D eigenvalue weighted by Gasteiger charge is 2.39. The van der Waals surface area contributed by atoms with Gasteiger partial charge in [0.15, 0.2) is 5.72 Å². The molecule has 1 saturated heterocycles. The van der Waals surface area contributed by atoms with Gasteiger partial charge in [0, 0.05) is 43.6 Å². The van der Waals surface area contributed by atoms with Gasteiger partial charge < -0.3 is 29.7 Å². The number of urea groups is 1. The molecule has 38 heavy (non-hydrogen) atoms. The number of nitrogens with zero attached hydrogens (tertiary/aromatic N) is 1. The minimum absolute atomic E-state index is 0.197. The fourth-order valence-electron chi connectivity index (χ4n) is 4.58. The van der Waals surface area contributed by atoms with Crippen LogP contribution in [0, 0.1) is 0 Å². The van der Waals surface area contributed by atoms with Crippen LogP contribution < -0.4 is 16.0 Å². The van der Waals surface area contributed by atoms with Gasteiger partial charge in [0.2, 0.25) is 11.8 Å². The monoisotopic (exact) mass is 546 g/mol. The largest absolute Gasteiger partial charge is 0.382 e. The number of hydrogen-bond donors (Lipinski definition) is 3. The molecule has 0 bridgehead atoms. The number of carbonyl (C=O) groups excluding carboxylic acids is 4. The number of ether oxygens (including phenoxy) is 3. The first-order valence-electron chi connectivity index (χ1n) is 12.4. The van der Waals surface area contributed by atoms with Crippen molar-refractivity contribution in [2.45, 2.75) is 44.1 Å². The molecule has 2 aliphatic heterocycles. The lowest BCUT2D eigenvalue weighted by Crippen LogP contribution is -2.53. The summed E-state index contributed by atoms with van der Waals surface area (Å²) in [6, 6.07) is 4.16. The summed E-state index contributed by atoms with van der Waals surface area (Å²) in [5, 5.41) is 8.51. The maximum Gasteiger partial charge on any atom is 0.317 e. The van der Waals surface area contributed by atoms with E-state index in [9.17, 15) is 19.2 Å². The van der Waals surface area contributed by atoms with E-state index in [4.69, 9.17) is 25.8 Å². The molecule has 1 aromatic rings. The number of fused-ring (bicyclic) bond motifs is 1. The summed E-state index contributed by atoms with van der Waals surface area (Å²) >= 11 is 6.23. The molecule has 3 aliphatic rings. The Morgan fingerprint density at radius 3 is 2.79 bits per heavy atom. The number of methoxy groups -OCH3 is 1. The summed E-state index contributed by atoms with van der Waals surface area (Å²) in [6.45, 7) is 1.95. The number of nitrogens with one attached hydrogen (secondary N) is 3. The minimum Gasteiger partial charge on any atom is -0.382 e. The molecule has 0 saturated carbocycles. The van der Waals surface area contributed by atoms with Crippen LogP contribution in [0.5, 0.6) is 0 Å². The summed E-state index contributed by atoms with van der Waals surface area (Å²) in [4.78, 5) is 50.9. The average molecular weight is 547 g/mol. The highest BCUT2D eigenvalue weighted by atomic mass is 35.5. The molecule has 2 atom stereocenters. The third kappa shape index (κ3) is 6.79. The summed E-state index contributed by atoms with van der Waals surface area (Å²) < 4.78 is 16.3. The Morgan fingerprint density at radius 2 is 2.03 bits per heavy atom. The molecule has 11 nitrogen and oxygen atoms in total. The van der Waals surface area contributed by atoms with Crippen LogP contribution in [0.15, 0.2) is 41.5 Å². The van der Waals surface area contributed by atoms with Crippen molar-refractivity contribution < 1.29 is 33.4 Å². The maximum absolute atomic E-state index is 12.9. The first kappa shape index (κ1) is 27.8. The highest BCUT2D eigenvalue weighted by molar-refractivity contribution is 6.29. The van der Waals surface area contributed by atoms with Gasteiger partial charge in [-0.05, 0) is 35.8 Å². The fourth-order valence-corrected chi connectivity index (χ4v) is 4.85. The number of imide groups is 1. The zero-order chi connectivity index (χ0) is 27.1. The summed E-state index contributed by atoms with van der Waals surface area (Å²) in [6.07, 6.45) is 5.97. The van der Waals surface area contributed by atoms with E-state index >= 15 is 0 Å². The molecule has 5 amide bonds. The van der Waals surface area contributed by atoms with Crippen molar-refractivity contribution in [3.63, 3.8) is 0 Å². The summed E-state index contributed by atoms with van der Waals surface area (Å²) in [7, 11) is 1.59. The number of allylic oxidation sites excluding steroid dienone is 2. The third-order valence-corrected chi connectivity index (χ3v) is 6.72. The predicted octanol–water partition coefficient (Wildman–Crippen LogP) is 1.71. The van der Waals surface area contributed by atoms with Crippen molar-refractivity contribution in [2.75, 3.05) is 33.5 Å². The smallest absolute Gasteiger partial charge is 0.317 e. The second-order valence-corrected chi connectivity index (χ2v) is 9.68. The summed E-state index contributed by atoms with van der Waals surface area (Å²) in [5.74, 6) is -1.02. The predicted molar refractivity (Wildman–Crippen MR) is 137 cm³/mol. The van der Waals surface area contributed by atoms with E-state index in [1.165, 1.54) is 4.90 Å². The van der Waals surface area contributed by atoms with Crippen molar-refractivity contribution in [1.82, 2.24) is 20.9 Å². The number of rotatable bonds is 11. The topological polar surface area (TPSA) is 135 Å². The standard InChI is InChI=1S/C26H31ClN4O7/c1-36-9-10-37-11-12-38-26(8-2-3-19(27)14-26)30-25(35)28-15-17-4-5-20-18(13-17)16-31(24(20)34)21-6-7-22(32)29-23(21)33/h2-5,8,13,21H,6-7,9-12,14-16H2,1H3,(H2,28,30,35)(H,29,32,33). The molecule has 12 heteroatoms. The molecule has 2 unspecified atom stereocenters. The lowest BCUT2D eigenvalue weighted by Gasteiger charge is -2.33. The lowest BCUT2D eigenvalue weighted by molar-refractivity contribution is -0.136. The first-order chi connectivity index (χ1) is 18.3. The van der Waals surface area contributed by atoms with Gasteiger partial charge in [0.05, 0.1) is 26.4 Å². The van der Waals surface area contributed by atoms with Gasteiger partial charge >= 0.3 is 6.03 Å². The summed E-state index contributed by atoms with van der Waals surface area (Å²) in [5.41, 5.74) is 0.944. The van der Waals surface area contributed by atoms with Crippen LogP contribution in [0.3, 0.4) is 0 Å². The Hall–Kier alpha value is -3.25. The van der Waals surface area contributed by atoms with Gasteiger partial charge in [0.25, 0.3) is 5.91 Å². The van der Waals surface area contributed by atoms with Crippen LogP contribution >= 0.6 is 11.6 Å². The molecular formula is C26H31ClN4O7. The number of carbonyl (C=O) groups is 4. The quantitative estimate of drug-likeness (QED) is 0.218. The second-order valence-electron chi connectivity index (χ2n) is 9.19. The van der Waals surface area contributed by atoms with E-state index in [2.05, 4.69) is 16.0 Å². The normalized spacial score (nSPS) is 22.7. The van der Waals surface area contributed by atoms with E-state index < -0.39 is 23.7 Å². The molecule has 0 aromatic heterocycles. The number of halogens is 1. The molecule has 1 fully saturated rings. The Labute approximate surface area is 225 Å². The number of benzene rings is 1. The van der Waals surface area contributed by atoms with Crippen LogP contribution in [0.1, 0.15) is 40.7 Å². The number of piperidine rings is 1. The van der Waals surface area contributed by atoms with E-state index in [1.54, 1.807) is 37.5 Å². The number of hydrogen-bond acceptors (Lipinski definition) is 7. The molecule has 204 valence electrons. The van der Waals surface area contributed by atoms with Crippen LogP contribution in [-0.2, 0) is 36.9 Å². The average Bonchev–Trinajstić information content (AvgIpc) is 3.20. The molecule has 4 rings (SSSR count). The third-order valence-electron chi connectivity index (χ3n) is 6.46. The number of amides is 5. The van der Waals surface area contributed by atoms with Crippen molar-refractivity contribution in [2.24, 2.45) is 0 Å². The SMILES string of the molecule is COCCOCCOC1(NC(=O)NCc2ccc3c(c2)CN(C2CCC(=O)NC2=O)C3=O)C=CC=C(Cl)C1. The van der Waals surface area contributed by atoms with Crippen molar-refractivity contribution >= 4 is 35.4 Å². The Morgan fingerprint density at radius 1 is 1.21 bits per heavy atom. The molecule has 0 spiro atoms. The van der Waals surface area contributed by atoms with E-state index in [0.29, 0.717) is 36.8 Å². The second kappa shape index (κ2) is 12.5. The molecule has 2 heterocycles. The Kier molecular flexibility index (Phi) is 9.16. The van der Waals surface area contributed by atoms with Gasteiger partial charge in [0.1, 0.15) is 6.04 Å². The Balaban J connectivity index is 1.32. The van der Waals surface area contributed by atoms with E-state index in [1.807, 2.05) is 6.07 Å². The van der Waals surface area contributed by atoms with Crippen LogP contribution in [0.2, 0.25) is 0 Å². The van der Waals surface area contributed by atoms with Crippen LogP contribution in [0.25, 0.3) is 0 Å². The van der Waals surface area contributed by atoms with Crippen molar-refractivity contribution in [3.8, 4) is 0 Å². The lowest BCUT2D eigenvalue weighted by atomic mass is 10.0. The fraction of sp³-hybridized carbons (Fsp3) is 0.462. The van der Waals surface area contributed by atoms with Crippen molar-refractivity contribution in [1.29, 1.82) is 0 Å².